The van der Waals surface area contributed by atoms with Crippen molar-refractivity contribution in [2.24, 2.45) is 11.8 Å². The fraction of sp³-hybridized carbons (Fsp3) is 0.591. The van der Waals surface area contributed by atoms with Gasteiger partial charge in [-0.05, 0) is 50.8 Å². The molecule has 1 aromatic rings. The van der Waals surface area contributed by atoms with Crippen LogP contribution in [0.1, 0.15) is 43.7 Å². The van der Waals surface area contributed by atoms with Crippen LogP contribution in [0.4, 0.5) is 5.69 Å². The number of likely N-dealkylation sites (N-methyl/N-ethyl adjacent to an activating group) is 1. The van der Waals surface area contributed by atoms with Crippen LogP contribution in [0.5, 0.6) is 0 Å². The second-order valence-corrected chi connectivity index (χ2v) is 8.09. The van der Waals surface area contributed by atoms with Crippen LogP contribution in [-0.2, 0) is 9.53 Å². The lowest BCUT2D eigenvalue weighted by atomic mass is 9.89. The number of aryl methyl sites for hydroxylation is 1. The molecule has 154 valence electrons. The first-order valence-electron chi connectivity index (χ1n) is 10.2. The number of hydrogen-bond acceptors (Lipinski definition) is 5. The summed E-state index contributed by atoms with van der Waals surface area (Å²) in [5, 5.41) is 16.9. The van der Waals surface area contributed by atoms with E-state index in [0.717, 1.165) is 47.8 Å². The number of amides is 1. The van der Waals surface area contributed by atoms with Crippen molar-refractivity contribution in [3.63, 3.8) is 0 Å². The van der Waals surface area contributed by atoms with Gasteiger partial charge in [0.15, 0.2) is 0 Å². The average Bonchev–Trinajstić information content (AvgIpc) is 2.58. The number of benzene rings is 1. The molecule has 0 spiro atoms. The van der Waals surface area contributed by atoms with Gasteiger partial charge in [-0.2, -0.15) is 0 Å². The fourth-order valence-corrected chi connectivity index (χ4v) is 4.18. The Morgan fingerprint density at radius 3 is 2.61 bits per heavy atom. The molecule has 6 nitrogen and oxygen atoms in total. The van der Waals surface area contributed by atoms with Gasteiger partial charge in [0, 0.05) is 30.0 Å². The fourth-order valence-electron chi connectivity index (χ4n) is 4.18. The summed E-state index contributed by atoms with van der Waals surface area (Å²) in [5.74, 6) is -0.0463. The SMILES string of the molecule is CCN(c1cc(C)cc(C(O)NCC2C(=O)NC(C)=CC2C)c1C)C1COC1. The molecule has 3 rings (SSSR count). The maximum Gasteiger partial charge on any atom is 0.229 e. The van der Waals surface area contributed by atoms with E-state index in [0.29, 0.717) is 12.6 Å². The van der Waals surface area contributed by atoms with Crippen molar-refractivity contribution in [1.82, 2.24) is 10.6 Å². The van der Waals surface area contributed by atoms with E-state index in [1.165, 1.54) is 0 Å². The molecule has 1 saturated heterocycles. The van der Waals surface area contributed by atoms with E-state index in [4.69, 9.17) is 4.74 Å². The molecule has 1 amide bonds. The van der Waals surface area contributed by atoms with E-state index in [2.05, 4.69) is 48.4 Å². The summed E-state index contributed by atoms with van der Waals surface area (Å²) in [4.78, 5) is 14.6. The van der Waals surface area contributed by atoms with E-state index >= 15 is 0 Å². The zero-order valence-electron chi connectivity index (χ0n) is 17.6. The number of anilines is 1. The van der Waals surface area contributed by atoms with Gasteiger partial charge in [0.1, 0.15) is 6.23 Å². The zero-order chi connectivity index (χ0) is 20.4. The van der Waals surface area contributed by atoms with Crippen LogP contribution in [0.3, 0.4) is 0 Å². The summed E-state index contributed by atoms with van der Waals surface area (Å²) in [6, 6.07) is 4.60. The van der Waals surface area contributed by atoms with Gasteiger partial charge in [-0.15, -0.1) is 0 Å². The molecule has 3 N–H and O–H groups in total. The summed E-state index contributed by atoms with van der Waals surface area (Å²) in [7, 11) is 0. The number of ether oxygens (including phenoxy) is 1. The van der Waals surface area contributed by atoms with E-state index in [-0.39, 0.29) is 17.7 Å². The Balaban J connectivity index is 1.76. The van der Waals surface area contributed by atoms with Crippen LogP contribution in [0.15, 0.2) is 23.9 Å². The molecule has 2 aliphatic rings. The van der Waals surface area contributed by atoms with Crippen molar-refractivity contribution >= 4 is 11.6 Å². The third-order valence-electron chi connectivity index (χ3n) is 5.91. The monoisotopic (exact) mass is 387 g/mol. The van der Waals surface area contributed by atoms with Crippen LogP contribution >= 0.6 is 0 Å². The van der Waals surface area contributed by atoms with Crippen molar-refractivity contribution in [1.29, 1.82) is 0 Å². The maximum atomic E-state index is 12.3. The van der Waals surface area contributed by atoms with Gasteiger partial charge in [-0.1, -0.05) is 19.1 Å². The molecule has 3 unspecified atom stereocenters. The molecule has 0 saturated carbocycles. The normalized spacial score (nSPS) is 23.6. The lowest BCUT2D eigenvalue weighted by Gasteiger charge is -2.39. The average molecular weight is 388 g/mol. The predicted molar refractivity (Wildman–Crippen MR) is 111 cm³/mol. The highest BCUT2D eigenvalue weighted by Gasteiger charge is 2.30. The van der Waals surface area contributed by atoms with Crippen molar-refractivity contribution < 1.29 is 14.6 Å². The van der Waals surface area contributed by atoms with Gasteiger partial charge < -0.3 is 20.1 Å². The maximum absolute atomic E-state index is 12.3. The molecular formula is C22H33N3O3. The Kier molecular flexibility index (Phi) is 6.43. The smallest absolute Gasteiger partial charge is 0.229 e. The van der Waals surface area contributed by atoms with Crippen LogP contribution in [0, 0.1) is 25.7 Å². The molecule has 0 aliphatic carbocycles. The molecule has 0 radical (unpaired) electrons. The van der Waals surface area contributed by atoms with Crippen molar-refractivity contribution in [3.05, 3.63) is 40.6 Å². The number of nitrogens with one attached hydrogen (secondary N) is 2. The van der Waals surface area contributed by atoms with Gasteiger partial charge in [0.2, 0.25) is 5.91 Å². The summed E-state index contributed by atoms with van der Waals surface area (Å²) in [5.41, 5.74) is 5.08. The summed E-state index contributed by atoms with van der Waals surface area (Å²) in [6.07, 6.45) is 1.25. The molecule has 1 aromatic carbocycles. The Bertz CT molecular complexity index is 758. The van der Waals surface area contributed by atoms with Gasteiger partial charge >= 0.3 is 0 Å². The third kappa shape index (κ3) is 4.24. The third-order valence-corrected chi connectivity index (χ3v) is 5.91. The molecule has 28 heavy (non-hydrogen) atoms. The highest BCUT2D eigenvalue weighted by atomic mass is 16.5. The second-order valence-electron chi connectivity index (χ2n) is 8.09. The minimum atomic E-state index is -0.818. The standard InChI is InChI=1S/C22H33N3O3/c1-6-25(17-11-28-12-17)20-8-13(2)7-18(16(20)5)21(26)23-10-19-14(3)9-15(4)24-22(19)27/h7-9,14,17,19,21,23,26H,6,10-12H2,1-5H3,(H,24,27). The van der Waals surface area contributed by atoms with Crippen LogP contribution in [0.25, 0.3) is 0 Å². The Hall–Kier alpha value is -1.89. The topological polar surface area (TPSA) is 73.8 Å². The molecule has 0 bridgehead atoms. The molecule has 3 atom stereocenters. The Morgan fingerprint density at radius 2 is 2.04 bits per heavy atom. The minimum Gasteiger partial charge on any atom is -0.377 e. The molecule has 2 heterocycles. The molecular weight excluding hydrogens is 354 g/mol. The first-order valence-corrected chi connectivity index (χ1v) is 10.2. The van der Waals surface area contributed by atoms with Crippen LogP contribution in [-0.4, -0.2) is 43.4 Å². The van der Waals surface area contributed by atoms with Crippen LogP contribution < -0.4 is 15.5 Å². The number of nitrogens with zero attached hydrogens (tertiary/aromatic N) is 1. The van der Waals surface area contributed by atoms with Crippen molar-refractivity contribution in [2.45, 2.75) is 46.9 Å². The number of aliphatic hydroxyl groups excluding tert-OH is 1. The second kappa shape index (κ2) is 8.64. The first-order chi connectivity index (χ1) is 13.3. The molecule has 6 heteroatoms. The number of rotatable bonds is 7. The van der Waals surface area contributed by atoms with Crippen molar-refractivity contribution in [3.8, 4) is 0 Å². The lowest BCUT2D eigenvalue weighted by molar-refractivity contribution is -0.125. The van der Waals surface area contributed by atoms with Crippen molar-refractivity contribution in [2.75, 3.05) is 31.2 Å². The van der Waals surface area contributed by atoms with E-state index < -0.39 is 6.23 Å². The highest BCUT2D eigenvalue weighted by molar-refractivity contribution is 5.82. The van der Waals surface area contributed by atoms with Gasteiger partial charge in [-0.3, -0.25) is 10.1 Å². The Morgan fingerprint density at radius 1 is 1.32 bits per heavy atom. The quantitative estimate of drug-likeness (QED) is 0.627. The van der Waals surface area contributed by atoms with E-state index in [9.17, 15) is 9.90 Å². The summed E-state index contributed by atoms with van der Waals surface area (Å²) in [6.45, 7) is 13.0. The van der Waals surface area contributed by atoms with Gasteiger partial charge in [0.05, 0.1) is 25.2 Å². The minimum absolute atomic E-state index is 0.0102. The summed E-state index contributed by atoms with van der Waals surface area (Å²) >= 11 is 0. The number of carbonyl (C=O) groups excluding carboxylic acids is 1. The number of allylic oxidation sites excluding steroid dienone is 2. The molecule has 1 fully saturated rings. The zero-order valence-corrected chi connectivity index (χ0v) is 17.6. The molecule has 2 aliphatic heterocycles. The Labute approximate surface area is 167 Å². The van der Waals surface area contributed by atoms with Gasteiger partial charge in [-0.25, -0.2) is 0 Å². The highest BCUT2D eigenvalue weighted by Crippen LogP contribution is 2.31. The van der Waals surface area contributed by atoms with Crippen LogP contribution in [0.2, 0.25) is 0 Å². The molecule has 0 aromatic heterocycles. The predicted octanol–water partition coefficient (Wildman–Crippen LogP) is 2.39. The number of carbonyl (C=O) groups is 1. The lowest BCUT2D eigenvalue weighted by Crippen LogP contribution is -2.49. The largest absolute Gasteiger partial charge is 0.377 e. The van der Waals surface area contributed by atoms with Gasteiger partial charge in [0.25, 0.3) is 0 Å². The van der Waals surface area contributed by atoms with E-state index in [1.807, 2.05) is 19.9 Å². The first kappa shape index (κ1) is 20.8. The van der Waals surface area contributed by atoms with E-state index in [1.54, 1.807) is 0 Å². The number of hydrogen-bond donors (Lipinski definition) is 3. The summed E-state index contributed by atoms with van der Waals surface area (Å²) < 4.78 is 5.37. The number of aliphatic hydroxyl groups is 1.